The van der Waals surface area contributed by atoms with Crippen LogP contribution in [0.3, 0.4) is 0 Å². The SMILES string of the molecule is Cc1nc(Nc2ncccc2C(C)O)c2cn[nH]c2n1. The number of nitrogens with zero attached hydrogens (tertiary/aromatic N) is 4. The second-order valence-corrected chi connectivity index (χ2v) is 4.49. The molecule has 1 atom stereocenters. The fraction of sp³-hybridized carbons (Fsp3) is 0.231. The van der Waals surface area contributed by atoms with E-state index in [2.05, 4.69) is 30.5 Å². The van der Waals surface area contributed by atoms with Crippen LogP contribution in [0.4, 0.5) is 11.6 Å². The molecule has 0 radical (unpaired) electrons. The van der Waals surface area contributed by atoms with Gasteiger partial charge in [0.1, 0.15) is 17.5 Å². The molecule has 3 heterocycles. The van der Waals surface area contributed by atoms with E-state index in [0.717, 1.165) is 5.39 Å². The van der Waals surface area contributed by atoms with Crippen LogP contribution in [0.2, 0.25) is 0 Å². The molecular weight excluding hydrogens is 256 g/mol. The summed E-state index contributed by atoms with van der Waals surface area (Å²) >= 11 is 0. The minimum absolute atomic E-state index is 0.572. The molecule has 20 heavy (non-hydrogen) atoms. The van der Waals surface area contributed by atoms with E-state index in [1.165, 1.54) is 0 Å². The number of H-pyrrole nitrogens is 1. The van der Waals surface area contributed by atoms with Crippen molar-refractivity contribution in [2.75, 3.05) is 5.32 Å². The number of aromatic nitrogens is 5. The monoisotopic (exact) mass is 270 g/mol. The van der Waals surface area contributed by atoms with Crippen LogP contribution >= 0.6 is 0 Å². The van der Waals surface area contributed by atoms with Crippen LogP contribution in [0.5, 0.6) is 0 Å². The number of nitrogens with one attached hydrogen (secondary N) is 2. The van der Waals surface area contributed by atoms with Gasteiger partial charge in [0.25, 0.3) is 0 Å². The molecule has 3 aromatic heterocycles. The van der Waals surface area contributed by atoms with Gasteiger partial charge in [0, 0.05) is 11.8 Å². The van der Waals surface area contributed by atoms with Crippen LogP contribution < -0.4 is 5.32 Å². The molecule has 0 fully saturated rings. The predicted octanol–water partition coefficient (Wildman–Crippen LogP) is 1.85. The van der Waals surface area contributed by atoms with E-state index >= 15 is 0 Å². The third kappa shape index (κ3) is 2.19. The van der Waals surface area contributed by atoms with Crippen LogP contribution in [0.1, 0.15) is 24.4 Å². The van der Waals surface area contributed by atoms with Gasteiger partial charge in [-0.25, -0.2) is 15.0 Å². The number of hydrogen-bond acceptors (Lipinski definition) is 6. The summed E-state index contributed by atoms with van der Waals surface area (Å²) in [7, 11) is 0. The van der Waals surface area contributed by atoms with Crippen molar-refractivity contribution in [1.82, 2.24) is 25.1 Å². The first kappa shape index (κ1) is 12.5. The molecule has 102 valence electrons. The molecule has 0 aliphatic rings. The van der Waals surface area contributed by atoms with E-state index in [1.807, 2.05) is 6.07 Å². The van der Waals surface area contributed by atoms with Gasteiger partial charge in [-0.2, -0.15) is 5.10 Å². The fourth-order valence-electron chi connectivity index (χ4n) is 2.01. The quantitative estimate of drug-likeness (QED) is 0.671. The molecule has 0 saturated carbocycles. The summed E-state index contributed by atoms with van der Waals surface area (Å²) in [6.45, 7) is 3.50. The van der Waals surface area contributed by atoms with Crippen molar-refractivity contribution in [2.24, 2.45) is 0 Å². The number of fused-ring (bicyclic) bond motifs is 1. The van der Waals surface area contributed by atoms with Crippen molar-refractivity contribution in [3.8, 4) is 0 Å². The molecule has 3 aromatic rings. The van der Waals surface area contributed by atoms with Crippen molar-refractivity contribution >= 4 is 22.7 Å². The molecule has 0 aromatic carbocycles. The number of hydrogen-bond donors (Lipinski definition) is 3. The van der Waals surface area contributed by atoms with Crippen molar-refractivity contribution in [3.05, 3.63) is 35.9 Å². The number of aliphatic hydroxyl groups excluding tert-OH is 1. The average Bonchev–Trinajstić information content (AvgIpc) is 2.87. The largest absolute Gasteiger partial charge is 0.389 e. The maximum atomic E-state index is 9.78. The minimum atomic E-state index is -0.617. The third-order valence-electron chi connectivity index (χ3n) is 2.95. The zero-order chi connectivity index (χ0) is 14.1. The summed E-state index contributed by atoms with van der Waals surface area (Å²) in [6.07, 6.45) is 2.70. The van der Waals surface area contributed by atoms with Crippen molar-refractivity contribution in [3.63, 3.8) is 0 Å². The Hall–Kier alpha value is -2.54. The molecule has 7 nitrogen and oxygen atoms in total. The summed E-state index contributed by atoms with van der Waals surface area (Å²) < 4.78 is 0. The van der Waals surface area contributed by atoms with Crippen LogP contribution in [0, 0.1) is 6.92 Å². The molecule has 0 bridgehead atoms. The lowest BCUT2D eigenvalue weighted by Gasteiger charge is -2.12. The first-order valence-electron chi connectivity index (χ1n) is 6.23. The van der Waals surface area contributed by atoms with Gasteiger partial charge in [0.15, 0.2) is 5.65 Å². The highest BCUT2D eigenvalue weighted by atomic mass is 16.3. The average molecular weight is 270 g/mol. The van der Waals surface area contributed by atoms with Gasteiger partial charge in [-0.1, -0.05) is 6.07 Å². The molecule has 0 amide bonds. The first-order valence-corrected chi connectivity index (χ1v) is 6.23. The van der Waals surface area contributed by atoms with Gasteiger partial charge in [-0.3, -0.25) is 5.10 Å². The summed E-state index contributed by atoms with van der Waals surface area (Å²) in [6, 6.07) is 3.60. The number of aromatic amines is 1. The molecular formula is C13H14N6O. The molecule has 1 unspecified atom stereocenters. The van der Waals surface area contributed by atoms with Gasteiger partial charge >= 0.3 is 0 Å². The van der Waals surface area contributed by atoms with Gasteiger partial charge in [-0.15, -0.1) is 0 Å². The Morgan fingerprint density at radius 2 is 2.15 bits per heavy atom. The lowest BCUT2D eigenvalue weighted by Crippen LogP contribution is -2.04. The maximum absolute atomic E-state index is 9.78. The van der Waals surface area contributed by atoms with Gasteiger partial charge < -0.3 is 10.4 Å². The second-order valence-electron chi connectivity index (χ2n) is 4.49. The number of aliphatic hydroxyl groups is 1. The summed E-state index contributed by atoms with van der Waals surface area (Å²) in [5.41, 5.74) is 1.37. The zero-order valence-electron chi connectivity index (χ0n) is 11.1. The Morgan fingerprint density at radius 1 is 1.30 bits per heavy atom. The maximum Gasteiger partial charge on any atom is 0.161 e. The van der Waals surface area contributed by atoms with E-state index < -0.39 is 6.10 Å². The van der Waals surface area contributed by atoms with E-state index in [1.54, 1.807) is 32.3 Å². The molecule has 0 spiro atoms. The minimum Gasteiger partial charge on any atom is -0.389 e. The van der Waals surface area contributed by atoms with Crippen LogP contribution in [0.15, 0.2) is 24.5 Å². The normalized spacial score (nSPS) is 12.6. The summed E-state index contributed by atoms with van der Waals surface area (Å²) in [4.78, 5) is 12.9. The van der Waals surface area contributed by atoms with Gasteiger partial charge in [-0.05, 0) is 19.9 Å². The van der Waals surface area contributed by atoms with E-state index in [-0.39, 0.29) is 0 Å². The smallest absolute Gasteiger partial charge is 0.161 e. The van der Waals surface area contributed by atoms with Crippen molar-refractivity contribution in [1.29, 1.82) is 0 Å². The summed E-state index contributed by atoms with van der Waals surface area (Å²) in [5.74, 6) is 1.81. The molecule has 0 saturated heterocycles. The van der Waals surface area contributed by atoms with E-state index in [0.29, 0.717) is 28.7 Å². The number of anilines is 2. The Morgan fingerprint density at radius 3 is 2.95 bits per heavy atom. The molecule has 7 heteroatoms. The molecule has 0 aliphatic carbocycles. The van der Waals surface area contributed by atoms with Crippen molar-refractivity contribution < 1.29 is 5.11 Å². The lowest BCUT2D eigenvalue weighted by atomic mass is 10.1. The molecule has 3 rings (SSSR count). The second kappa shape index (κ2) is 4.86. The van der Waals surface area contributed by atoms with E-state index in [4.69, 9.17) is 0 Å². The number of pyridine rings is 1. The Balaban J connectivity index is 2.08. The Labute approximate surface area is 115 Å². The van der Waals surface area contributed by atoms with Crippen LogP contribution in [-0.4, -0.2) is 30.3 Å². The molecule has 0 aliphatic heterocycles. The predicted molar refractivity (Wildman–Crippen MR) is 74.6 cm³/mol. The topological polar surface area (TPSA) is 99.6 Å². The Bertz CT molecular complexity index is 751. The first-order chi connectivity index (χ1) is 9.65. The van der Waals surface area contributed by atoms with Gasteiger partial charge in [0.2, 0.25) is 0 Å². The Kier molecular flexibility index (Phi) is 3.03. The highest BCUT2D eigenvalue weighted by molar-refractivity contribution is 5.87. The highest BCUT2D eigenvalue weighted by Gasteiger charge is 2.12. The highest BCUT2D eigenvalue weighted by Crippen LogP contribution is 2.26. The van der Waals surface area contributed by atoms with Gasteiger partial charge in [0.05, 0.1) is 17.7 Å². The summed E-state index contributed by atoms with van der Waals surface area (Å²) in [5, 5.41) is 20.5. The number of rotatable bonds is 3. The standard InChI is InChI=1S/C13H14N6O/c1-7(20)9-4-3-5-14-11(9)18-12-10-6-15-19-13(10)17-8(2)16-12/h3-7,20H,1-2H3,(H2,14,15,16,17,18,19). The van der Waals surface area contributed by atoms with Crippen LogP contribution in [-0.2, 0) is 0 Å². The number of aryl methyl sites for hydroxylation is 1. The zero-order valence-corrected chi connectivity index (χ0v) is 11.1. The third-order valence-corrected chi connectivity index (χ3v) is 2.95. The van der Waals surface area contributed by atoms with E-state index in [9.17, 15) is 5.11 Å². The van der Waals surface area contributed by atoms with Crippen LogP contribution in [0.25, 0.3) is 11.0 Å². The van der Waals surface area contributed by atoms with Crippen molar-refractivity contribution in [2.45, 2.75) is 20.0 Å². The fourth-order valence-corrected chi connectivity index (χ4v) is 2.01. The molecule has 3 N–H and O–H groups in total. The lowest BCUT2D eigenvalue weighted by molar-refractivity contribution is 0.199.